The molecule has 0 heterocycles. The highest BCUT2D eigenvalue weighted by Gasteiger charge is 2.08. The molecule has 0 amide bonds. The molecule has 0 saturated heterocycles. The maximum absolute atomic E-state index is 9.26. The Morgan fingerprint density at radius 3 is 2.47 bits per heavy atom. The van der Waals surface area contributed by atoms with Crippen LogP contribution >= 0.6 is 15.9 Å². The predicted octanol–water partition coefficient (Wildman–Crippen LogP) is 4.09. The number of benzene rings is 2. The summed E-state index contributed by atoms with van der Waals surface area (Å²) in [5, 5.41) is 10.0. The Bertz CT molecular complexity index is 587. The number of rotatable bonds is 4. The van der Waals surface area contributed by atoms with E-state index in [1.54, 1.807) is 0 Å². The van der Waals surface area contributed by atoms with Gasteiger partial charge in [0.05, 0.1) is 11.3 Å². The monoisotopic (exact) mass is 314 g/mol. The molecular weight excluding hydrogens is 300 g/mol. The third kappa shape index (κ3) is 3.36. The van der Waals surface area contributed by atoms with Gasteiger partial charge in [0, 0.05) is 18.9 Å². The number of hydrogen-bond donors (Lipinski definition) is 0. The van der Waals surface area contributed by atoms with Crippen LogP contribution in [0.15, 0.2) is 48.5 Å². The summed E-state index contributed by atoms with van der Waals surface area (Å²) >= 11 is 3.41. The van der Waals surface area contributed by atoms with E-state index < -0.39 is 0 Å². The Balaban J connectivity index is 2.24. The second-order valence-corrected chi connectivity index (χ2v) is 5.00. The number of nitriles is 1. The summed E-state index contributed by atoms with van der Waals surface area (Å²) in [6.45, 7) is 0.795. The van der Waals surface area contributed by atoms with E-state index in [-0.39, 0.29) is 0 Å². The summed E-state index contributed by atoms with van der Waals surface area (Å²) < 4.78 is 0. The topological polar surface area (TPSA) is 27.0 Å². The number of halogens is 1. The van der Waals surface area contributed by atoms with Gasteiger partial charge in [-0.25, -0.2) is 0 Å². The summed E-state index contributed by atoms with van der Waals surface area (Å²) in [4.78, 5) is 2.10. The zero-order valence-corrected chi connectivity index (χ0v) is 12.4. The van der Waals surface area contributed by atoms with E-state index in [1.165, 1.54) is 5.56 Å². The zero-order chi connectivity index (χ0) is 13.7. The van der Waals surface area contributed by atoms with Crippen LogP contribution in [0.1, 0.15) is 16.7 Å². The molecule has 2 nitrogen and oxygen atoms in total. The van der Waals surface area contributed by atoms with Crippen molar-refractivity contribution < 1.29 is 0 Å². The van der Waals surface area contributed by atoms with E-state index in [0.717, 1.165) is 28.7 Å². The van der Waals surface area contributed by atoms with Crippen molar-refractivity contribution in [2.75, 3.05) is 11.9 Å². The molecule has 3 heteroatoms. The van der Waals surface area contributed by atoms with Crippen molar-refractivity contribution in [2.45, 2.75) is 11.9 Å². The fraction of sp³-hybridized carbons (Fsp3) is 0.188. The molecule has 0 unspecified atom stereocenters. The highest BCUT2D eigenvalue weighted by atomic mass is 79.9. The van der Waals surface area contributed by atoms with E-state index in [0.29, 0.717) is 0 Å². The quantitative estimate of drug-likeness (QED) is 0.795. The van der Waals surface area contributed by atoms with Crippen molar-refractivity contribution >= 4 is 21.6 Å². The second-order valence-electron chi connectivity index (χ2n) is 4.44. The molecule has 0 atom stereocenters. The summed E-state index contributed by atoms with van der Waals surface area (Å²) in [7, 11) is 2.01. The van der Waals surface area contributed by atoms with Crippen molar-refractivity contribution in [2.24, 2.45) is 0 Å². The molecule has 0 bridgehead atoms. The van der Waals surface area contributed by atoms with Crippen molar-refractivity contribution in [1.82, 2.24) is 0 Å². The van der Waals surface area contributed by atoms with Crippen LogP contribution in [0.4, 0.5) is 5.69 Å². The van der Waals surface area contributed by atoms with Crippen LogP contribution in [0.2, 0.25) is 0 Å². The van der Waals surface area contributed by atoms with E-state index >= 15 is 0 Å². The van der Waals surface area contributed by atoms with Crippen molar-refractivity contribution in [3.63, 3.8) is 0 Å². The highest BCUT2D eigenvalue weighted by Crippen LogP contribution is 2.23. The first-order chi connectivity index (χ1) is 9.24. The second kappa shape index (κ2) is 6.40. The number of alkyl halides is 1. The Morgan fingerprint density at radius 2 is 1.84 bits per heavy atom. The van der Waals surface area contributed by atoms with E-state index in [9.17, 15) is 5.26 Å². The number of hydrogen-bond acceptors (Lipinski definition) is 2. The molecule has 0 saturated carbocycles. The number of anilines is 1. The lowest BCUT2D eigenvalue weighted by molar-refractivity contribution is 0.920. The van der Waals surface area contributed by atoms with Crippen molar-refractivity contribution in [3.05, 3.63) is 65.2 Å². The molecule has 2 rings (SSSR count). The van der Waals surface area contributed by atoms with Gasteiger partial charge in [-0.05, 0) is 23.3 Å². The smallest absolute Gasteiger partial charge is 0.101 e. The molecule has 0 radical (unpaired) electrons. The molecule has 0 fully saturated rings. The minimum Gasteiger partial charge on any atom is -0.369 e. The predicted molar refractivity (Wildman–Crippen MR) is 82.3 cm³/mol. The third-order valence-corrected chi connectivity index (χ3v) is 3.66. The summed E-state index contributed by atoms with van der Waals surface area (Å²) in [5.74, 6) is 0. The highest BCUT2D eigenvalue weighted by molar-refractivity contribution is 9.08. The van der Waals surface area contributed by atoms with Crippen LogP contribution in [0.5, 0.6) is 0 Å². The lowest BCUT2D eigenvalue weighted by Gasteiger charge is -2.21. The Morgan fingerprint density at radius 1 is 1.11 bits per heavy atom. The zero-order valence-electron chi connectivity index (χ0n) is 10.8. The fourth-order valence-corrected chi connectivity index (χ4v) is 2.38. The molecule has 0 aromatic heterocycles. The maximum atomic E-state index is 9.26. The minimum absolute atomic E-state index is 0.718. The molecule has 2 aromatic carbocycles. The summed E-state index contributed by atoms with van der Waals surface area (Å²) in [5.41, 5.74) is 4.04. The Hall–Kier alpha value is -1.79. The van der Waals surface area contributed by atoms with Gasteiger partial charge in [-0.2, -0.15) is 5.26 Å². The van der Waals surface area contributed by atoms with Gasteiger partial charge in [-0.3, -0.25) is 0 Å². The lowest BCUT2D eigenvalue weighted by atomic mass is 10.1. The van der Waals surface area contributed by atoms with E-state index in [4.69, 9.17) is 0 Å². The maximum Gasteiger partial charge on any atom is 0.101 e. The Kier molecular flexibility index (Phi) is 4.59. The van der Waals surface area contributed by atoms with Crippen LogP contribution in [0.3, 0.4) is 0 Å². The number of nitrogens with zero attached hydrogens (tertiary/aromatic N) is 2. The van der Waals surface area contributed by atoms with Crippen LogP contribution < -0.4 is 4.90 Å². The average molecular weight is 315 g/mol. The molecule has 0 N–H and O–H groups in total. The van der Waals surface area contributed by atoms with Gasteiger partial charge in [0.2, 0.25) is 0 Å². The van der Waals surface area contributed by atoms with Crippen molar-refractivity contribution in [1.29, 1.82) is 5.26 Å². The molecule has 0 aliphatic carbocycles. The normalized spacial score (nSPS) is 9.95. The first kappa shape index (κ1) is 13.6. The molecule has 2 aromatic rings. The van der Waals surface area contributed by atoms with Gasteiger partial charge >= 0.3 is 0 Å². The molecular formula is C16H15BrN2. The molecule has 19 heavy (non-hydrogen) atoms. The van der Waals surface area contributed by atoms with Gasteiger partial charge in [0.1, 0.15) is 6.07 Å². The summed E-state index contributed by atoms with van der Waals surface area (Å²) in [6, 6.07) is 18.5. The lowest BCUT2D eigenvalue weighted by Crippen LogP contribution is -2.17. The fourth-order valence-electron chi connectivity index (χ4n) is 2.03. The molecule has 0 spiro atoms. The van der Waals surface area contributed by atoms with Gasteiger partial charge in [0.15, 0.2) is 0 Å². The molecule has 0 aliphatic heterocycles. The van der Waals surface area contributed by atoms with Crippen LogP contribution in [-0.4, -0.2) is 7.05 Å². The van der Waals surface area contributed by atoms with Gasteiger partial charge < -0.3 is 4.90 Å². The van der Waals surface area contributed by atoms with E-state index in [1.807, 2.05) is 43.4 Å². The van der Waals surface area contributed by atoms with Gasteiger partial charge in [0.25, 0.3) is 0 Å². The standard InChI is InChI=1S/C16H15BrN2/c1-19(12-13-5-3-2-4-6-13)16-8-7-14(10-17)9-15(16)11-18/h2-9H,10,12H2,1H3. The largest absolute Gasteiger partial charge is 0.369 e. The third-order valence-electron chi connectivity index (χ3n) is 3.01. The van der Waals surface area contributed by atoms with Crippen LogP contribution in [0.25, 0.3) is 0 Å². The van der Waals surface area contributed by atoms with Crippen molar-refractivity contribution in [3.8, 4) is 6.07 Å². The van der Waals surface area contributed by atoms with Crippen LogP contribution in [-0.2, 0) is 11.9 Å². The first-order valence-corrected chi connectivity index (χ1v) is 7.21. The first-order valence-electron chi connectivity index (χ1n) is 6.08. The molecule has 0 aliphatic rings. The van der Waals surface area contributed by atoms with Gasteiger partial charge in [-0.15, -0.1) is 0 Å². The van der Waals surface area contributed by atoms with E-state index in [2.05, 4.69) is 39.0 Å². The van der Waals surface area contributed by atoms with Crippen LogP contribution in [0, 0.1) is 11.3 Å². The Labute approximate surface area is 122 Å². The average Bonchev–Trinajstić information content (AvgIpc) is 2.47. The minimum atomic E-state index is 0.718. The van der Waals surface area contributed by atoms with Gasteiger partial charge in [-0.1, -0.05) is 52.3 Å². The SMILES string of the molecule is CN(Cc1ccccc1)c1ccc(CBr)cc1C#N. The molecule has 96 valence electrons. The summed E-state index contributed by atoms with van der Waals surface area (Å²) in [6.07, 6.45) is 0.